The van der Waals surface area contributed by atoms with Crippen LogP contribution in [0.4, 0.5) is 0 Å². The minimum Gasteiger partial charge on any atom is -0.361 e. The van der Waals surface area contributed by atoms with Crippen LogP contribution in [0.5, 0.6) is 0 Å². The first-order chi connectivity index (χ1) is 16.2. The lowest BCUT2D eigenvalue weighted by atomic mass is 9.42. The van der Waals surface area contributed by atoms with Crippen molar-refractivity contribution in [2.45, 2.75) is 130 Å². The predicted molar refractivity (Wildman–Crippen MR) is 135 cm³/mol. The highest BCUT2D eigenvalue weighted by Gasteiger charge is 2.83. The van der Waals surface area contributed by atoms with Gasteiger partial charge in [-0.3, -0.25) is 4.79 Å². The minimum atomic E-state index is -0.603. The minimum absolute atomic E-state index is 0.0297. The fraction of sp³-hybridized carbons (Fsp3) is 0.968. The van der Waals surface area contributed by atoms with E-state index in [1.54, 1.807) is 0 Å². The van der Waals surface area contributed by atoms with E-state index in [-0.39, 0.29) is 23.2 Å². The third kappa shape index (κ3) is 2.46. The second-order valence-electron chi connectivity index (χ2n) is 15.8. The van der Waals surface area contributed by atoms with Crippen LogP contribution < -0.4 is 0 Å². The van der Waals surface area contributed by atoms with Gasteiger partial charge in [-0.05, 0) is 104 Å². The van der Waals surface area contributed by atoms with E-state index >= 15 is 0 Å². The van der Waals surface area contributed by atoms with E-state index < -0.39 is 5.79 Å². The van der Waals surface area contributed by atoms with Gasteiger partial charge in [-0.15, -0.1) is 0 Å². The first-order valence-corrected chi connectivity index (χ1v) is 14.7. The number of hydrogen-bond donors (Lipinski definition) is 0. The number of ketones is 1. The molecule has 0 aromatic rings. The van der Waals surface area contributed by atoms with Crippen molar-refractivity contribution in [2.24, 2.45) is 50.7 Å². The summed E-state index contributed by atoms with van der Waals surface area (Å²) in [5.41, 5.74) is 1.21. The zero-order valence-corrected chi connectivity index (χ0v) is 23.5. The van der Waals surface area contributed by atoms with Crippen LogP contribution in [0.15, 0.2) is 0 Å². The van der Waals surface area contributed by atoms with Crippen LogP contribution in [0.1, 0.15) is 106 Å². The Kier molecular flexibility index (Phi) is 4.32. The smallest absolute Gasteiger partial charge is 0.197 e. The van der Waals surface area contributed by atoms with Crippen LogP contribution in [-0.2, 0) is 19.0 Å². The monoisotopic (exact) mass is 484 g/mol. The van der Waals surface area contributed by atoms with Gasteiger partial charge in [0, 0.05) is 25.4 Å². The van der Waals surface area contributed by atoms with Crippen molar-refractivity contribution in [2.75, 3.05) is 7.11 Å². The Bertz CT molecular complexity index is 986. The summed E-state index contributed by atoms with van der Waals surface area (Å²) in [4.78, 5) is 12.9. The molecule has 2 heterocycles. The molecule has 5 saturated carbocycles. The normalized spacial score (nSPS) is 61.1. The molecule has 4 heteroatoms. The summed E-state index contributed by atoms with van der Waals surface area (Å²) < 4.78 is 19.4. The third-order valence-electron chi connectivity index (χ3n) is 14.2. The highest BCUT2D eigenvalue weighted by atomic mass is 16.7. The number of hydrogen-bond acceptors (Lipinski definition) is 4. The highest BCUT2D eigenvalue weighted by molar-refractivity contribution is 5.86. The van der Waals surface area contributed by atoms with E-state index in [4.69, 9.17) is 14.2 Å². The number of methoxy groups -OCH3 is 1. The van der Waals surface area contributed by atoms with Crippen molar-refractivity contribution < 1.29 is 19.0 Å². The number of Topliss-reactive ketones (excluding diaryl/α,β-unsaturated/α-hetero) is 1. The van der Waals surface area contributed by atoms with Crippen molar-refractivity contribution in [3.05, 3.63) is 0 Å². The molecule has 4 nitrogen and oxygen atoms in total. The first kappa shape index (κ1) is 23.7. The largest absolute Gasteiger partial charge is 0.361 e. The summed E-state index contributed by atoms with van der Waals surface area (Å²) in [5, 5.41) is 0. The average molecular weight is 485 g/mol. The molecule has 2 spiro atoms. The summed E-state index contributed by atoms with van der Waals surface area (Å²) >= 11 is 0. The second kappa shape index (κ2) is 6.40. The van der Waals surface area contributed by atoms with Gasteiger partial charge in [0.15, 0.2) is 5.79 Å². The number of carbonyl (C=O) groups excluding carboxylic acids is 1. The molecule has 7 aliphatic rings. The molecular weight excluding hydrogens is 436 g/mol. The van der Waals surface area contributed by atoms with Crippen LogP contribution in [-0.4, -0.2) is 36.5 Å². The van der Waals surface area contributed by atoms with Gasteiger partial charge in [0.2, 0.25) is 0 Å². The molecule has 2 saturated heterocycles. The van der Waals surface area contributed by atoms with Gasteiger partial charge in [0.1, 0.15) is 11.9 Å². The summed E-state index contributed by atoms with van der Waals surface area (Å²) in [5.74, 6) is 2.43. The Labute approximate surface area is 212 Å². The Morgan fingerprint density at radius 3 is 2.17 bits per heavy atom. The number of rotatable bonds is 2. The summed E-state index contributed by atoms with van der Waals surface area (Å²) in [6.07, 6.45) is 11.0. The van der Waals surface area contributed by atoms with Crippen molar-refractivity contribution in [1.82, 2.24) is 0 Å². The van der Waals surface area contributed by atoms with E-state index in [1.807, 2.05) is 7.11 Å². The lowest BCUT2D eigenvalue weighted by molar-refractivity contribution is -0.301. The summed E-state index contributed by atoms with van der Waals surface area (Å²) in [7, 11) is 1.83. The molecule has 0 radical (unpaired) electrons. The standard InChI is InChI=1S/C31H48O4/c1-18-15-31(33-8,24-26(4,5)35-24)34-19-16-28(7)21-10-9-20-25(2,3)22(32)11-12-29(20)17-30(21,29)14-13-27(28,6)23(18)19/h18-21,23-24H,9-17H2,1-8H3/t18-,19+,20+,21+,23+,24+,27-,28+,29-,30+,31-/m1/s1. The Hall–Kier alpha value is -0.450. The van der Waals surface area contributed by atoms with Gasteiger partial charge >= 0.3 is 0 Å². The summed E-state index contributed by atoms with van der Waals surface area (Å²) in [6.45, 7) is 16.6. The molecule has 7 rings (SSSR count). The molecular formula is C31H48O4. The van der Waals surface area contributed by atoms with E-state index in [9.17, 15) is 4.79 Å². The zero-order chi connectivity index (χ0) is 25.0. The molecule has 0 aromatic heterocycles. The van der Waals surface area contributed by atoms with Crippen LogP contribution in [0.3, 0.4) is 0 Å². The SMILES string of the molecule is CO[C@]1([C@H]2OC2(C)C)C[C@@H](C)[C@H]2[C@H](C[C@@]3(C)[C@@H]4CC[C@H]5C(C)(C)C(=O)CC[C@@]56C[C@@]46CC[C@]23C)O1. The van der Waals surface area contributed by atoms with Crippen molar-refractivity contribution in [3.8, 4) is 0 Å². The quantitative estimate of drug-likeness (QED) is 0.417. The Morgan fingerprint density at radius 2 is 1.51 bits per heavy atom. The first-order valence-electron chi connectivity index (χ1n) is 14.7. The Balaban J connectivity index is 1.24. The second-order valence-corrected chi connectivity index (χ2v) is 15.8. The molecule has 5 aliphatic carbocycles. The molecule has 196 valence electrons. The van der Waals surface area contributed by atoms with Crippen LogP contribution in [0.2, 0.25) is 0 Å². The van der Waals surface area contributed by atoms with Gasteiger partial charge in [0.05, 0.1) is 11.7 Å². The zero-order valence-electron chi connectivity index (χ0n) is 23.5. The van der Waals surface area contributed by atoms with E-state index in [0.717, 1.165) is 31.6 Å². The maximum Gasteiger partial charge on any atom is 0.197 e. The molecule has 7 fully saturated rings. The fourth-order valence-corrected chi connectivity index (χ4v) is 12.5. The highest BCUT2D eigenvalue weighted by Crippen LogP contribution is 2.89. The molecule has 0 unspecified atom stereocenters. The molecule has 0 N–H and O–H groups in total. The van der Waals surface area contributed by atoms with E-state index in [2.05, 4.69) is 48.5 Å². The van der Waals surface area contributed by atoms with Crippen LogP contribution in [0.25, 0.3) is 0 Å². The van der Waals surface area contributed by atoms with Crippen molar-refractivity contribution in [1.29, 1.82) is 0 Å². The van der Waals surface area contributed by atoms with Crippen molar-refractivity contribution >= 4 is 5.78 Å². The molecule has 0 aromatic carbocycles. The number of carbonyl (C=O) groups is 1. The topological polar surface area (TPSA) is 48.1 Å². The molecule has 0 bridgehead atoms. The number of epoxide rings is 1. The fourth-order valence-electron chi connectivity index (χ4n) is 12.5. The van der Waals surface area contributed by atoms with Gasteiger partial charge in [0.25, 0.3) is 0 Å². The molecule has 0 amide bonds. The number of fused-ring (bicyclic) bond motifs is 4. The van der Waals surface area contributed by atoms with Crippen LogP contribution >= 0.6 is 0 Å². The van der Waals surface area contributed by atoms with E-state index in [0.29, 0.717) is 45.2 Å². The molecule has 11 atom stereocenters. The predicted octanol–water partition coefficient (Wildman–Crippen LogP) is 6.55. The number of ether oxygens (including phenoxy) is 3. The lowest BCUT2D eigenvalue weighted by Crippen LogP contribution is -2.58. The summed E-state index contributed by atoms with van der Waals surface area (Å²) in [6, 6.07) is 0. The third-order valence-corrected chi connectivity index (χ3v) is 14.2. The van der Waals surface area contributed by atoms with Crippen molar-refractivity contribution in [3.63, 3.8) is 0 Å². The maximum absolute atomic E-state index is 12.9. The molecule has 35 heavy (non-hydrogen) atoms. The van der Waals surface area contributed by atoms with Gasteiger partial charge < -0.3 is 14.2 Å². The van der Waals surface area contributed by atoms with Gasteiger partial charge in [-0.2, -0.15) is 0 Å². The van der Waals surface area contributed by atoms with E-state index in [1.165, 1.54) is 32.1 Å². The van der Waals surface area contributed by atoms with Gasteiger partial charge in [-0.1, -0.05) is 34.6 Å². The average Bonchev–Trinajstić information content (AvgIpc) is 3.62. The molecule has 2 aliphatic heterocycles. The maximum atomic E-state index is 12.9. The van der Waals surface area contributed by atoms with Crippen LogP contribution in [0, 0.1) is 50.7 Å². The van der Waals surface area contributed by atoms with Gasteiger partial charge in [-0.25, -0.2) is 0 Å². The Morgan fingerprint density at radius 1 is 0.857 bits per heavy atom. The lowest BCUT2D eigenvalue weighted by Gasteiger charge is -2.62.